The summed E-state index contributed by atoms with van der Waals surface area (Å²) in [5.74, 6) is 0. The lowest BCUT2D eigenvalue weighted by molar-refractivity contribution is 0.112. The number of carbonyl (C=O) groups is 1. The Labute approximate surface area is 111 Å². The molecule has 0 aliphatic heterocycles. The lowest BCUT2D eigenvalue weighted by atomic mass is 10.1. The fraction of sp³-hybridized carbons (Fsp3) is 0.286. The quantitative estimate of drug-likeness (QED) is 0.781. The number of carbonyl (C=O) groups excluding carboxylic acids is 1. The molecule has 0 saturated heterocycles. The van der Waals surface area contributed by atoms with E-state index in [4.69, 9.17) is 11.6 Å². The number of benzene rings is 1. The van der Waals surface area contributed by atoms with E-state index in [-0.39, 0.29) is 6.04 Å². The van der Waals surface area contributed by atoms with Crippen molar-refractivity contribution in [2.45, 2.75) is 26.3 Å². The molecule has 0 aliphatic carbocycles. The first-order chi connectivity index (χ1) is 8.65. The molecule has 1 aromatic carbocycles. The third-order valence-corrected chi connectivity index (χ3v) is 3.26. The summed E-state index contributed by atoms with van der Waals surface area (Å²) >= 11 is 5.96. The van der Waals surface area contributed by atoms with Crippen molar-refractivity contribution in [2.75, 3.05) is 0 Å². The van der Waals surface area contributed by atoms with Gasteiger partial charge in [-0.25, -0.2) is 0 Å². The van der Waals surface area contributed by atoms with Gasteiger partial charge in [-0.15, -0.1) is 0 Å². The number of halogens is 1. The minimum absolute atomic E-state index is 0.275. The van der Waals surface area contributed by atoms with Crippen molar-refractivity contribution in [3.05, 3.63) is 41.0 Å². The molecule has 4 heteroatoms. The zero-order valence-corrected chi connectivity index (χ0v) is 11.2. The van der Waals surface area contributed by atoms with Crippen molar-refractivity contribution in [2.24, 2.45) is 0 Å². The second-order valence-electron chi connectivity index (χ2n) is 4.30. The van der Waals surface area contributed by atoms with Crippen LogP contribution in [0.15, 0.2) is 30.5 Å². The van der Waals surface area contributed by atoms with E-state index in [1.165, 1.54) is 0 Å². The lowest BCUT2D eigenvalue weighted by Gasteiger charge is -2.07. The van der Waals surface area contributed by atoms with Crippen LogP contribution in [0.3, 0.4) is 0 Å². The zero-order valence-electron chi connectivity index (χ0n) is 10.4. The molecule has 3 nitrogen and oxygen atoms in total. The molecule has 1 atom stereocenters. The number of rotatable bonds is 4. The van der Waals surface area contributed by atoms with Crippen molar-refractivity contribution < 1.29 is 4.79 Å². The summed E-state index contributed by atoms with van der Waals surface area (Å²) in [4.78, 5) is 11.1. The van der Waals surface area contributed by atoms with Crippen LogP contribution in [0.2, 0.25) is 5.02 Å². The molecule has 0 radical (unpaired) electrons. The van der Waals surface area contributed by atoms with Crippen molar-refractivity contribution in [3.63, 3.8) is 0 Å². The van der Waals surface area contributed by atoms with Crippen LogP contribution in [0.25, 0.3) is 11.3 Å². The van der Waals surface area contributed by atoms with Gasteiger partial charge in [-0.1, -0.05) is 30.7 Å². The molecule has 0 saturated carbocycles. The van der Waals surface area contributed by atoms with Crippen LogP contribution < -0.4 is 0 Å². The van der Waals surface area contributed by atoms with E-state index in [0.717, 1.165) is 18.3 Å². The Bertz CT molecular complexity index is 563. The molecule has 94 valence electrons. The second kappa shape index (κ2) is 5.36. The van der Waals surface area contributed by atoms with Crippen molar-refractivity contribution >= 4 is 17.9 Å². The molecule has 0 aliphatic rings. The first-order valence-electron chi connectivity index (χ1n) is 5.96. The van der Waals surface area contributed by atoms with Crippen LogP contribution in [-0.2, 0) is 0 Å². The van der Waals surface area contributed by atoms with E-state index in [2.05, 4.69) is 18.9 Å². The van der Waals surface area contributed by atoms with Gasteiger partial charge in [0.15, 0.2) is 6.29 Å². The Morgan fingerprint density at radius 3 is 2.89 bits per heavy atom. The normalized spacial score (nSPS) is 12.4. The first kappa shape index (κ1) is 12.8. The molecule has 18 heavy (non-hydrogen) atoms. The van der Waals surface area contributed by atoms with Gasteiger partial charge in [-0.05, 0) is 25.5 Å². The van der Waals surface area contributed by atoms with E-state index >= 15 is 0 Å². The molecular weight excluding hydrogens is 248 g/mol. The second-order valence-corrected chi connectivity index (χ2v) is 4.73. The average molecular weight is 263 g/mol. The Morgan fingerprint density at radius 1 is 1.50 bits per heavy atom. The van der Waals surface area contributed by atoms with E-state index in [9.17, 15) is 4.79 Å². The van der Waals surface area contributed by atoms with Gasteiger partial charge in [0.05, 0.1) is 5.56 Å². The van der Waals surface area contributed by atoms with E-state index in [1.54, 1.807) is 12.3 Å². The maximum atomic E-state index is 11.1. The van der Waals surface area contributed by atoms with Gasteiger partial charge in [0.25, 0.3) is 0 Å². The van der Waals surface area contributed by atoms with E-state index in [1.807, 2.05) is 22.9 Å². The highest BCUT2D eigenvalue weighted by molar-refractivity contribution is 6.30. The minimum Gasteiger partial charge on any atom is -0.298 e. The Balaban J connectivity index is 2.50. The van der Waals surface area contributed by atoms with Gasteiger partial charge < -0.3 is 0 Å². The Kier molecular flexibility index (Phi) is 3.82. The fourth-order valence-electron chi connectivity index (χ4n) is 1.76. The number of hydrogen-bond acceptors (Lipinski definition) is 2. The predicted octanol–water partition coefficient (Wildman–Crippen LogP) is 3.99. The molecule has 1 aromatic heterocycles. The molecule has 2 aromatic rings. The highest BCUT2D eigenvalue weighted by Crippen LogP contribution is 2.25. The smallest absolute Gasteiger partial charge is 0.153 e. The maximum Gasteiger partial charge on any atom is 0.153 e. The minimum atomic E-state index is 0.275. The molecule has 1 heterocycles. The van der Waals surface area contributed by atoms with Crippen LogP contribution in [-0.4, -0.2) is 16.1 Å². The SMILES string of the molecule is CCC(C)n1cc(C=O)c(-c2cccc(Cl)c2)n1. The fourth-order valence-corrected chi connectivity index (χ4v) is 1.96. The summed E-state index contributed by atoms with van der Waals surface area (Å²) in [6, 6.07) is 7.66. The molecule has 1 unspecified atom stereocenters. The summed E-state index contributed by atoms with van der Waals surface area (Å²) in [7, 11) is 0. The van der Waals surface area contributed by atoms with Crippen LogP contribution in [0.4, 0.5) is 0 Å². The molecule has 0 N–H and O–H groups in total. The van der Waals surface area contributed by atoms with E-state index in [0.29, 0.717) is 16.3 Å². The number of nitrogens with zero attached hydrogens (tertiary/aromatic N) is 2. The topological polar surface area (TPSA) is 34.9 Å². The van der Waals surface area contributed by atoms with Crippen LogP contribution in [0.5, 0.6) is 0 Å². The van der Waals surface area contributed by atoms with E-state index < -0.39 is 0 Å². The highest BCUT2D eigenvalue weighted by atomic mass is 35.5. The highest BCUT2D eigenvalue weighted by Gasteiger charge is 2.13. The molecule has 2 rings (SSSR count). The molecule has 0 bridgehead atoms. The third-order valence-electron chi connectivity index (χ3n) is 3.03. The summed E-state index contributed by atoms with van der Waals surface area (Å²) < 4.78 is 1.83. The standard InChI is InChI=1S/C14H15ClN2O/c1-3-10(2)17-8-12(9-18)14(16-17)11-5-4-6-13(15)7-11/h4-10H,3H2,1-2H3. The molecule has 0 fully saturated rings. The predicted molar refractivity (Wildman–Crippen MR) is 73.1 cm³/mol. The van der Waals surface area contributed by atoms with Crippen molar-refractivity contribution in [3.8, 4) is 11.3 Å². The van der Waals surface area contributed by atoms with Gasteiger partial charge in [0.2, 0.25) is 0 Å². The first-order valence-corrected chi connectivity index (χ1v) is 6.33. The third kappa shape index (κ3) is 2.46. The van der Waals surface area contributed by atoms with Crippen LogP contribution in [0, 0.1) is 0 Å². The van der Waals surface area contributed by atoms with Gasteiger partial charge >= 0.3 is 0 Å². The summed E-state index contributed by atoms with van der Waals surface area (Å²) in [5, 5.41) is 5.13. The summed E-state index contributed by atoms with van der Waals surface area (Å²) in [6.07, 6.45) is 3.59. The zero-order chi connectivity index (χ0) is 13.1. The van der Waals surface area contributed by atoms with Crippen LogP contribution >= 0.6 is 11.6 Å². The van der Waals surface area contributed by atoms with Crippen molar-refractivity contribution in [1.82, 2.24) is 9.78 Å². The summed E-state index contributed by atoms with van der Waals surface area (Å²) in [5.41, 5.74) is 2.15. The monoisotopic (exact) mass is 262 g/mol. The molecule has 0 spiro atoms. The van der Waals surface area contributed by atoms with Gasteiger partial charge in [-0.3, -0.25) is 9.48 Å². The van der Waals surface area contributed by atoms with Gasteiger partial charge in [-0.2, -0.15) is 5.10 Å². The number of aldehydes is 1. The lowest BCUT2D eigenvalue weighted by Crippen LogP contribution is -2.04. The summed E-state index contributed by atoms with van der Waals surface area (Å²) in [6.45, 7) is 4.16. The Morgan fingerprint density at radius 2 is 2.28 bits per heavy atom. The average Bonchev–Trinajstić information content (AvgIpc) is 2.82. The number of hydrogen-bond donors (Lipinski definition) is 0. The van der Waals surface area contributed by atoms with Crippen LogP contribution in [0.1, 0.15) is 36.7 Å². The maximum absolute atomic E-state index is 11.1. The van der Waals surface area contributed by atoms with Gasteiger partial charge in [0.1, 0.15) is 5.69 Å². The molecule has 0 amide bonds. The Hall–Kier alpha value is -1.61. The number of aromatic nitrogens is 2. The van der Waals surface area contributed by atoms with Crippen molar-refractivity contribution in [1.29, 1.82) is 0 Å². The molecular formula is C14H15ClN2O. The largest absolute Gasteiger partial charge is 0.298 e. The van der Waals surface area contributed by atoms with Gasteiger partial charge in [0, 0.05) is 22.8 Å².